The molecule has 9 heteroatoms. The molecule has 0 radical (unpaired) electrons. The molecule has 1 heterocycles. The summed E-state index contributed by atoms with van der Waals surface area (Å²) in [6.07, 6.45) is 0.675. The smallest absolute Gasteiger partial charge is 0.253 e. The van der Waals surface area contributed by atoms with E-state index in [9.17, 15) is 22.9 Å². The lowest BCUT2D eigenvalue weighted by molar-refractivity contribution is 0.0767. The van der Waals surface area contributed by atoms with Crippen LogP contribution in [-0.4, -0.2) is 45.4 Å². The topological polar surface area (TPSA) is 107 Å². The van der Waals surface area contributed by atoms with Crippen LogP contribution in [0.4, 0.5) is 10.1 Å². The van der Waals surface area contributed by atoms with E-state index in [2.05, 4.69) is 0 Å². The van der Waals surface area contributed by atoms with E-state index in [1.54, 1.807) is 11.0 Å². The van der Waals surface area contributed by atoms with E-state index in [1.807, 2.05) is 11.0 Å². The molecule has 7 nitrogen and oxygen atoms in total. The standard InChI is InChI=1S/C19H19FN4O3S/c20-16-4-2-14(3-5-16)19(25)24-9-1-8-23(10-11-24)18-7-6-17(28(22,26)27)12-15(18)13-21/h2-7,12H,1,8-11H2,(H2,22,26,27). The second-order valence-corrected chi connectivity index (χ2v) is 8.04. The number of rotatable bonds is 3. The van der Waals surface area contributed by atoms with Gasteiger partial charge in [-0.05, 0) is 48.9 Å². The van der Waals surface area contributed by atoms with Gasteiger partial charge in [0, 0.05) is 31.7 Å². The first-order valence-electron chi connectivity index (χ1n) is 8.66. The Labute approximate surface area is 162 Å². The highest BCUT2D eigenvalue weighted by atomic mass is 32.2. The van der Waals surface area contributed by atoms with Crippen LogP contribution in [0.2, 0.25) is 0 Å². The van der Waals surface area contributed by atoms with E-state index in [4.69, 9.17) is 5.14 Å². The Bertz CT molecular complexity index is 1030. The predicted molar refractivity (Wildman–Crippen MR) is 102 cm³/mol. The zero-order valence-corrected chi connectivity index (χ0v) is 15.8. The number of amides is 1. The SMILES string of the molecule is N#Cc1cc(S(N)(=O)=O)ccc1N1CCCN(C(=O)c2ccc(F)cc2)CC1. The summed E-state index contributed by atoms with van der Waals surface area (Å²) in [7, 11) is -3.89. The molecule has 2 N–H and O–H groups in total. The van der Waals surface area contributed by atoms with Crippen molar-refractivity contribution in [2.45, 2.75) is 11.3 Å². The summed E-state index contributed by atoms with van der Waals surface area (Å²) in [6.45, 7) is 2.05. The van der Waals surface area contributed by atoms with Crippen molar-refractivity contribution in [1.29, 1.82) is 5.26 Å². The molecule has 0 spiro atoms. The molecular weight excluding hydrogens is 383 g/mol. The number of sulfonamides is 1. The molecular formula is C19H19FN4O3S. The Balaban J connectivity index is 1.78. The number of hydrogen-bond acceptors (Lipinski definition) is 5. The Morgan fingerprint density at radius 1 is 1.07 bits per heavy atom. The lowest BCUT2D eigenvalue weighted by atomic mass is 10.1. The Hall–Kier alpha value is -2.96. The second-order valence-electron chi connectivity index (χ2n) is 6.48. The third kappa shape index (κ3) is 4.30. The number of anilines is 1. The maximum absolute atomic E-state index is 13.1. The van der Waals surface area contributed by atoms with E-state index in [0.29, 0.717) is 43.9 Å². The molecule has 0 aromatic heterocycles. The summed E-state index contributed by atoms with van der Waals surface area (Å²) in [5, 5.41) is 14.5. The van der Waals surface area contributed by atoms with Gasteiger partial charge < -0.3 is 9.80 Å². The van der Waals surface area contributed by atoms with Gasteiger partial charge in [0.15, 0.2) is 0 Å². The van der Waals surface area contributed by atoms with Gasteiger partial charge in [-0.2, -0.15) is 5.26 Å². The number of carbonyl (C=O) groups excluding carboxylic acids is 1. The quantitative estimate of drug-likeness (QED) is 0.841. The zero-order valence-electron chi connectivity index (χ0n) is 15.0. The minimum absolute atomic E-state index is 0.115. The molecule has 0 atom stereocenters. The highest BCUT2D eigenvalue weighted by Crippen LogP contribution is 2.24. The number of nitriles is 1. The summed E-state index contributed by atoms with van der Waals surface area (Å²) in [6, 6.07) is 11.6. The van der Waals surface area contributed by atoms with Crippen LogP contribution in [0.25, 0.3) is 0 Å². The van der Waals surface area contributed by atoms with Crippen molar-refractivity contribution in [2.75, 3.05) is 31.1 Å². The molecule has 0 aliphatic carbocycles. The lowest BCUT2D eigenvalue weighted by Gasteiger charge is -2.25. The van der Waals surface area contributed by atoms with Crippen LogP contribution in [0.1, 0.15) is 22.3 Å². The fraction of sp³-hybridized carbons (Fsp3) is 0.263. The van der Waals surface area contributed by atoms with E-state index in [-0.39, 0.29) is 16.4 Å². The fourth-order valence-electron chi connectivity index (χ4n) is 3.19. The highest BCUT2D eigenvalue weighted by molar-refractivity contribution is 7.89. The molecule has 2 aromatic rings. The zero-order chi connectivity index (χ0) is 20.3. The van der Waals surface area contributed by atoms with Gasteiger partial charge in [-0.3, -0.25) is 4.79 Å². The molecule has 1 saturated heterocycles. The predicted octanol–water partition coefficient (Wildman–Crippen LogP) is 1.70. The number of benzene rings is 2. The van der Waals surface area contributed by atoms with E-state index >= 15 is 0 Å². The van der Waals surface area contributed by atoms with Crippen molar-refractivity contribution in [2.24, 2.45) is 5.14 Å². The van der Waals surface area contributed by atoms with Gasteiger partial charge >= 0.3 is 0 Å². The van der Waals surface area contributed by atoms with Gasteiger partial charge in [-0.25, -0.2) is 17.9 Å². The van der Waals surface area contributed by atoms with Gasteiger partial charge in [0.1, 0.15) is 11.9 Å². The van der Waals surface area contributed by atoms with Crippen molar-refractivity contribution in [3.63, 3.8) is 0 Å². The Morgan fingerprint density at radius 3 is 2.43 bits per heavy atom. The van der Waals surface area contributed by atoms with Gasteiger partial charge in [-0.1, -0.05) is 0 Å². The van der Waals surface area contributed by atoms with Crippen LogP contribution in [0.5, 0.6) is 0 Å². The number of primary sulfonamides is 1. The molecule has 1 aliphatic heterocycles. The fourth-order valence-corrected chi connectivity index (χ4v) is 3.73. The summed E-state index contributed by atoms with van der Waals surface area (Å²) >= 11 is 0. The van der Waals surface area contributed by atoms with Crippen LogP contribution in [0, 0.1) is 17.1 Å². The minimum Gasteiger partial charge on any atom is -0.369 e. The molecule has 3 rings (SSSR count). The molecule has 0 saturated carbocycles. The van der Waals surface area contributed by atoms with Gasteiger partial charge in [0.2, 0.25) is 10.0 Å². The van der Waals surface area contributed by atoms with Crippen LogP contribution >= 0.6 is 0 Å². The summed E-state index contributed by atoms with van der Waals surface area (Å²) in [5.41, 5.74) is 1.24. The first kappa shape index (κ1) is 19.8. The number of nitrogens with two attached hydrogens (primary N) is 1. The molecule has 0 bridgehead atoms. The van der Waals surface area contributed by atoms with Gasteiger partial charge in [0.05, 0.1) is 16.1 Å². The van der Waals surface area contributed by atoms with Crippen molar-refractivity contribution < 1.29 is 17.6 Å². The van der Waals surface area contributed by atoms with E-state index in [0.717, 1.165) is 0 Å². The van der Waals surface area contributed by atoms with Crippen molar-refractivity contribution in [3.05, 3.63) is 59.4 Å². The van der Waals surface area contributed by atoms with Crippen molar-refractivity contribution in [1.82, 2.24) is 4.90 Å². The van der Waals surface area contributed by atoms with E-state index < -0.39 is 15.8 Å². The maximum atomic E-state index is 13.1. The highest BCUT2D eigenvalue weighted by Gasteiger charge is 2.22. The number of carbonyl (C=O) groups is 1. The molecule has 1 aliphatic rings. The number of halogens is 1. The maximum Gasteiger partial charge on any atom is 0.253 e. The van der Waals surface area contributed by atoms with Crippen molar-refractivity contribution >= 4 is 21.6 Å². The molecule has 2 aromatic carbocycles. The molecule has 146 valence electrons. The van der Waals surface area contributed by atoms with Crippen LogP contribution in [-0.2, 0) is 10.0 Å². The van der Waals surface area contributed by atoms with E-state index in [1.165, 1.54) is 36.4 Å². The molecule has 1 fully saturated rings. The molecule has 1 amide bonds. The first-order valence-corrected chi connectivity index (χ1v) is 10.2. The third-order valence-corrected chi connectivity index (χ3v) is 5.54. The first-order chi connectivity index (χ1) is 13.3. The van der Waals surface area contributed by atoms with Crippen LogP contribution in [0.15, 0.2) is 47.4 Å². The second kappa shape index (κ2) is 7.96. The average molecular weight is 402 g/mol. The third-order valence-electron chi connectivity index (χ3n) is 4.63. The normalized spacial score (nSPS) is 15.0. The Kier molecular flexibility index (Phi) is 5.63. The molecule has 28 heavy (non-hydrogen) atoms. The number of nitrogens with zero attached hydrogens (tertiary/aromatic N) is 3. The number of hydrogen-bond donors (Lipinski definition) is 1. The molecule has 0 unspecified atom stereocenters. The summed E-state index contributed by atoms with van der Waals surface area (Å²) in [4.78, 5) is 16.2. The van der Waals surface area contributed by atoms with Gasteiger partial charge in [0.25, 0.3) is 5.91 Å². The largest absolute Gasteiger partial charge is 0.369 e. The summed E-state index contributed by atoms with van der Waals surface area (Å²) < 4.78 is 36.1. The minimum atomic E-state index is -3.89. The van der Waals surface area contributed by atoms with Crippen molar-refractivity contribution in [3.8, 4) is 6.07 Å². The monoisotopic (exact) mass is 402 g/mol. The summed E-state index contributed by atoms with van der Waals surface area (Å²) in [5.74, 6) is -0.572. The average Bonchev–Trinajstić information content (AvgIpc) is 2.93. The van der Waals surface area contributed by atoms with Gasteiger partial charge in [-0.15, -0.1) is 0 Å². The Morgan fingerprint density at radius 2 is 1.79 bits per heavy atom. The van der Waals surface area contributed by atoms with Crippen LogP contribution < -0.4 is 10.0 Å². The van der Waals surface area contributed by atoms with Crippen LogP contribution in [0.3, 0.4) is 0 Å². The lowest BCUT2D eigenvalue weighted by Crippen LogP contribution is -2.35.